The van der Waals surface area contributed by atoms with Gasteiger partial charge in [0.1, 0.15) is 0 Å². The number of hydrogen-bond donors (Lipinski definition) is 3. The van der Waals surface area contributed by atoms with Crippen LogP contribution in [0.15, 0.2) is 4.99 Å². The highest BCUT2D eigenvalue weighted by atomic mass is 16.3. The van der Waals surface area contributed by atoms with Gasteiger partial charge in [-0.15, -0.1) is 0 Å². The number of nitrogens with two attached hydrogens (primary N) is 1. The molecule has 0 aromatic heterocycles. The number of aliphatic imine (C=N–C) groups is 1. The Morgan fingerprint density at radius 2 is 1.82 bits per heavy atom. The first-order chi connectivity index (χ1) is 8.08. The molecule has 0 saturated carbocycles. The third-order valence-corrected chi connectivity index (χ3v) is 3.20. The van der Waals surface area contributed by atoms with Crippen LogP contribution in [0, 0.1) is 0 Å². The lowest BCUT2D eigenvalue weighted by Crippen LogP contribution is -2.36. The van der Waals surface area contributed by atoms with Gasteiger partial charge in [-0.2, -0.15) is 0 Å². The normalized spacial score (nSPS) is 12.8. The molecule has 0 aromatic rings. The number of nitrogens with zero attached hydrogens (tertiary/aromatic N) is 1. The minimum atomic E-state index is -0.700. The molecule has 4 nitrogen and oxygen atoms in total. The fraction of sp³-hybridized carbons (Fsp3) is 0.923. The van der Waals surface area contributed by atoms with E-state index in [1.165, 1.54) is 19.3 Å². The first-order valence-electron chi connectivity index (χ1n) is 6.84. The predicted molar refractivity (Wildman–Crippen MR) is 74.2 cm³/mol. The zero-order valence-corrected chi connectivity index (χ0v) is 11.6. The fourth-order valence-corrected chi connectivity index (χ4v) is 1.53. The summed E-state index contributed by atoms with van der Waals surface area (Å²) in [6.07, 6.45) is 6.27. The molecule has 0 rings (SSSR count). The molecule has 0 aliphatic rings. The standard InChI is InChI=1S/C13H29N3O/c1-4-7-8-9-10-15-12(14)16-11-13(17,5-2)6-3/h17H,4-11H2,1-3H3,(H3,14,15,16). The Morgan fingerprint density at radius 1 is 1.18 bits per heavy atom. The maximum absolute atomic E-state index is 10.0. The Labute approximate surface area is 106 Å². The maximum atomic E-state index is 10.0. The van der Waals surface area contributed by atoms with Gasteiger partial charge in [-0.1, -0.05) is 40.0 Å². The molecule has 0 saturated heterocycles. The van der Waals surface area contributed by atoms with Crippen molar-refractivity contribution >= 4 is 5.96 Å². The van der Waals surface area contributed by atoms with Crippen LogP contribution in [-0.4, -0.2) is 29.8 Å². The summed E-state index contributed by atoms with van der Waals surface area (Å²) in [5, 5.41) is 13.1. The Balaban J connectivity index is 3.78. The molecule has 0 spiro atoms. The van der Waals surface area contributed by atoms with Gasteiger partial charge in [0.05, 0.1) is 12.1 Å². The van der Waals surface area contributed by atoms with Gasteiger partial charge >= 0.3 is 0 Å². The van der Waals surface area contributed by atoms with E-state index in [-0.39, 0.29) is 0 Å². The van der Waals surface area contributed by atoms with Crippen molar-refractivity contribution in [2.45, 2.75) is 64.9 Å². The molecule has 0 bridgehead atoms. The third kappa shape index (κ3) is 8.02. The van der Waals surface area contributed by atoms with E-state index in [0.717, 1.165) is 13.0 Å². The van der Waals surface area contributed by atoms with Crippen LogP contribution in [0.1, 0.15) is 59.3 Å². The Kier molecular flexibility index (Phi) is 8.86. The molecule has 102 valence electrons. The van der Waals surface area contributed by atoms with Crippen LogP contribution >= 0.6 is 0 Å². The quantitative estimate of drug-likeness (QED) is 0.330. The topological polar surface area (TPSA) is 70.6 Å². The van der Waals surface area contributed by atoms with Gasteiger partial charge in [-0.25, -0.2) is 0 Å². The molecular formula is C13H29N3O. The molecule has 0 amide bonds. The van der Waals surface area contributed by atoms with Gasteiger partial charge in [0.15, 0.2) is 5.96 Å². The number of nitrogens with one attached hydrogen (secondary N) is 1. The number of aliphatic hydroxyl groups is 1. The summed E-state index contributed by atoms with van der Waals surface area (Å²) in [4.78, 5) is 4.19. The highest BCUT2D eigenvalue weighted by Gasteiger charge is 2.21. The van der Waals surface area contributed by atoms with E-state index in [9.17, 15) is 5.11 Å². The monoisotopic (exact) mass is 243 g/mol. The molecule has 0 unspecified atom stereocenters. The molecule has 0 atom stereocenters. The van der Waals surface area contributed by atoms with E-state index in [1.807, 2.05) is 13.8 Å². The first-order valence-corrected chi connectivity index (χ1v) is 6.84. The van der Waals surface area contributed by atoms with E-state index >= 15 is 0 Å². The Bertz CT molecular complexity index is 213. The highest BCUT2D eigenvalue weighted by Crippen LogP contribution is 2.14. The van der Waals surface area contributed by atoms with Crippen LogP contribution in [0.2, 0.25) is 0 Å². The molecule has 0 fully saturated rings. The molecule has 0 heterocycles. The zero-order valence-electron chi connectivity index (χ0n) is 11.6. The summed E-state index contributed by atoms with van der Waals surface area (Å²) < 4.78 is 0. The summed E-state index contributed by atoms with van der Waals surface area (Å²) >= 11 is 0. The summed E-state index contributed by atoms with van der Waals surface area (Å²) in [5.41, 5.74) is 5.03. The molecule has 17 heavy (non-hydrogen) atoms. The molecule has 0 aliphatic heterocycles. The summed E-state index contributed by atoms with van der Waals surface area (Å²) in [7, 11) is 0. The second kappa shape index (κ2) is 9.28. The highest BCUT2D eigenvalue weighted by molar-refractivity contribution is 5.77. The molecular weight excluding hydrogens is 214 g/mol. The minimum absolute atomic E-state index is 0.383. The zero-order chi connectivity index (χ0) is 13.1. The SMILES string of the molecule is CCCCCCNC(N)=NCC(O)(CC)CC. The van der Waals surface area contributed by atoms with E-state index in [1.54, 1.807) is 0 Å². The second-order valence-corrected chi connectivity index (χ2v) is 4.62. The minimum Gasteiger partial charge on any atom is -0.388 e. The third-order valence-electron chi connectivity index (χ3n) is 3.20. The van der Waals surface area contributed by atoms with Crippen molar-refractivity contribution in [3.63, 3.8) is 0 Å². The van der Waals surface area contributed by atoms with Crippen molar-refractivity contribution in [1.82, 2.24) is 5.32 Å². The molecule has 0 aromatic carbocycles. The maximum Gasteiger partial charge on any atom is 0.188 e. The first kappa shape index (κ1) is 16.2. The Morgan fingerprint density at radius 3 is 2.35 bits per heavy atom. The van der Waals surface area contributed by atoms with Gasteiger partial charge in [-0.05, 0) is 19.3 Å². The van der Waals surface area contributed by atoms with E-state index < -0.39 is 5.60 Å². The number of unbranched alkanes of at least 4 members (excludes halogenated alkanes) is 3. The Hall–Kier alpha value is -0.770. The van der Waals surface area contributed by atoms with Gasteiger partial charge in [0.25, 0.3) is 0 Å². The molecule has 4 N–H and O–H groups in total. The van der Waals surface area contributed by atoms with Crippen LogP contribution in [0.5, 0.6) is 0 Å². The van der Waals surface area contributed by atoms with Crippen LogP contribution < -0.4 is 11.1 Å². The van der Waals surface area contributed by atoms with Crippen LogP contribution in [0.25, 0.3) is 0 Å². The van der Waals surface area contributed by atoms with Crippen molar-refractivity contribution in [2.75, 3.05) is 13.1 Å². The van der Waals surface area contributed by atoms with Crippen molar-refractivity contribution < 1.29 is 5.11 Å². The lowest BCUT2D eigenvalue weighted by molar-refractivity contribution is 0.0418. The van der Waals surface area contributed by atoms with E-state index in [2.05, 4.69) is 17.2 Å². The van der Waals surface area contributed by atoms with Gasteiger partial charge in [-0.3, -0.25) is 4.99 Å². The second-order valence-electron chi connectivity index (χ2n) is 4.62. The average molecular weight is 243 g/mol. The number of rotatable bonds is 9. The molecule has 0 radical (unpaired) electrons. The van der Waals surface area contributed by atoms with E-state index in [4.69, 9.17) is 5.73 Å². The van der Waals surface area contributed by atoms with Crippen molar-refractivity contribution in [2.24, 2.45) is 10.7 Å². The van der Waals surface area contributed by atoms with Gasteiger partial charge in [0.2, 0.25) is 0 Å². The smallest absolute Gasteiger partial charge is 0.188 e. The summed E-state index contributed by atoms with van der Waals surface area (Å²) in [6.45, 7) is 7.38. The lowest BCUT2D eigenvalue weighted by Gasteiger charge is -2.22. The fourth-order valence-electron chi connectivity index (χ4n) is 1.53. The number of hydrogen-bond acceptors (Lipinski definition) is 2. The van der Waals surface area contributed by atoms with Crippen LogP contribution in [-0.2, 0) is 0 Å². The largest absolute Gasteiger partial charge is 0.388 e. The molecule has 4 heteroatoms. The molecule has 0 aliphatic carbocycles. The van der Waals surface area contributed by atoms with Crippen molar-refractivity contribution in [1.29, 1.82) is 0 Å². The van der Waals surface area contributed by atoms with Gasteiger partial charge < -0.3 is 16.2 Å². The van der Waals surface area contributed by atoms with Crippen molar-refractivity contribution in [3.8, 4) is 0 Å². The average Bonchev–Trinajstić information content (AvgIpc) is 2.35. The number of guanidine groups is 1. The predicted octanol–water partition coefficient (Wildman–Crippen LogP) is 2.02. The lowest BCUT2D eigenvalue weighted by atomic mass is 9.98. The van der Waals surface area contributed by atoms with Crippen molar-refractivity contribution in [3.05, 3.63) is 0 Å². The van der Waals surface area contributed by atoms with E-state index in [0.29, 0.717) is 25.3 Å². The van der Waals surface area contributed by atoms with Crippen LogP contribution in [0.3, 0.4) is 0 Å². The summed E-state index contributed by atoms with van der Waals surface area (Å²) in [6, 6.07) is 0. The van der Waals surface area contributed by atoms with Crippen LogP contribution in [0.4, 0.5) is 0 Å². The summed E-state index contributed by atoms with van der Waals surface area (Å²) in [5.74, 6) is 0.446. The van der Waals surface area contributed by atoms with Gasteiger partial charge in [0, 0.05) is 6.54 Å².